The molecular weight excluding hydrogens is 525 g/mol. The van der Waals surface area contributed by atoms with E-state index in [9.17, 15) is 9.59 Å². The molecule has 3 aromatic heterocycles. The van der Waals surface area contributed by atoms with Gasteiger partial charge in [0.05, 0.1) is 18.4 Å². The van der Waals surface area contributed by atoms with E-state index in [-0.39, 0.29) is 17.6 Å². The number of methoxy groups -OCH3 is 1. The SMILES string of the molecule is CCCn1c(SCC(=O)Nc2sc3c(c2C(=O)OC)CCCCCC3)nnc1-c1csc2c1CCCC2. The van der Waals surface area contributed by atoms with Crippen LogP contribution in [0.3, 0.4) is 0 Å². The Balaban J connectivity index is 1.33. The molecule has 198 valence electrons. The summed E-state index contributed by atoms with van der Waals surface area (Å²) >= 11 is 4.76. The number of carbonyl (C=O) groups is 2. The molecule has 0 fully saturated rings. The van der Waals surface area contributed by atoms with Gasteiger partial charge in [-0.15, -0.1) is 32.9 Å². The Labute approximate surface area is 230 Å². The third kappa shape index (κ3) is 5.66. The summed E-state index contributed by atoms with van der Waals surface area (Å²) in [6, 6.07) is 0. The molecule has 0 aliphatic heterocycles. The van der Waals surface area contributed by atoms with Gasteiger partial charge in [0.2, 0.25) is 5.91 Å². The second-order valence-corrected chi connectivity index (χ2v) is 12.7. The van der Waals surface area contributed by atoms with Gasteiger partial charge in [-0.05, 0) is 68.9 Å². The Morgan fingerprint density at radius 3 is 2.57 bits per heavy atom. The van der Waals surface area contributed by atoms with Crippen molar-refractivity contribution in [2.45, 2.75) is 89.3 Å². The van der Waals surface area contributed by atoms with Gasteiger partial charge in [-0.3, -0.25) is 4.79 Å². The summed E-state index contributed by atoms with van der Waals surface area (Å²) in [6.07, 6.45) is 12.0. The normalized spacial score (nSPS) is 15.4. The summed E-state index contributed by atoms with van der Waals surface area (Å²) in [5.74, 6) is 0.597. The van der Waals surface area contributed by atoms with Crippen LogP contribution >= 0.6 is 34.4 Å². The second-order valence-electron chi connectivity index (χ2n) is 9.67. The molecule has 37 heavy (non-hydrogen) atoms. The zero-order valence-corrected chi connectivity index (χ0v) is 24.0. The quantitative estimate of drug-likeness (QED) is 0.250. The van der Waals surface area contributed by atoms with Crippen LogP contribution in [0.1, 0.15) is 83.1 Å². The average Bonchev–Trinajstić information content (AvgIpc) is 3.58. The molecule has 0 spiro atoms. The van der Waals surface area contributed by atoms with Crippen LogP contribution in [0.25, 0.3) is 11.4 Å². The lowest BCUT2D eigenvalue weighted by molar-refractivity contribution is -0.113. The Morgan fingerprint density at radius 2 is 1.76 bits per heavy atom. The predicted molar refractivity (Wildman–Crippen MR) is 151 cm³/mol. The van der Waals surface area contributed by atoms with Crippen LogP contribution in [0, 0.1) is 0 Å². The fraction of sp³-hybridized carbons (Fsp3) is 0.556. The minimum atomic E-state index is -0.368. The van der Waals surface area contributed by atoms with Crippen LogP contribution in [0.5, 0.6) is 0 Å². The molecule has 3 aromatic rings. The summed E-state index contributed by atoms with van der Waals surface area (Å²) < 4.78 is 7.25. The Kier molecular flexibility index (Phi) is 8.67. The van der Waals surface area contributed by atoms with Gasteiger partial charge in [-0.1, -0.05) is 31.5 Å². The number of amides is 1. The number of fused-ring (bicyclic) bond motifs is 2. The lowest BCUT2D eigenvalue weighted by Gasteiger charge is -2.13. The van der Waals surface area contributed by atoms with Crippen molar-refractivity contribution in [3.05, 3.63) is 31.8 Å². The van der Waals surface area contributed by atoms with Gasteiger partial charge in [-0.25, -0.2) is 4.79 Å². The van der Waals surface area contributed by atoms with Gasteiger partial charge in [0, 0.05) is 27.2 Å². The Bertz CT molecular complexity index is 1280. The maximum atomic E-state index is 13.1. The van der Waals surface area contributed by atoms with Crippen molar-refractivity contribution in [3.8, 4) is 11.4 Å². The molecule has 2 aliphatic rings. The predicted octanol–water partition coefficient (Wildman–Crippen LogP) is 6.53. The second kappa shape index (κ2) is 12.1. The average molecular weight is 559 g/mol. The molecule has 0 atom stereocenters. The number of nitrogens with one attached hydrogen (secondary N) is 1. The number of carbonyl (C=O) groups excluding carboxylic acids is 2. The molecule has 0 aromatic carbocycles. The number of nitrogens with zero attached hydrogens (tertiary/aromatic N) is 3. The van der Waals surface area contributed by atoms with Crippen LogP contribution < -0.4 is 5.32 Å². The zero-order valence-electron chi connectivity index (χ0n) is 21.6. The monoisotopic (exact) mass is 558 g/mol. The fourth-order valence-electron chi connectivity index (χ4n) is 5.32. The smallest absolute Gasteiger partial charge is 0.341 e. The first-order valence-electron chi connectivity index (χ1n) is 13.3. The van der Waals surface area contributed by atoms with Crippen molar-refractivity contribution in [1.29, 1.82) is 0 Å². The molecule has 0 bridgehead atoms. The first-order chi connectivity index (χ1) is 18.1. The number of esters is 1. The molecule has 0 radical (unpaired) electrons. The summed E-state index contributed by atoms with van der Waals surface area (Å²) in [5, 5.41) is 15.7. The number of anilines is 1. The summed E-state index contributed by atoms with van der Waals surface area (Å²) in [4.78, 5) is 28.4. The van der Waals surface area contributed by atoms with E-state index >= 15 is 0 Å². The van der Waals surface area contributed by atoms with Crippen molar-refractivity contribution in [2.75, 3.05) is 18.2 Å². The maximum absolute atomic E-state index is 13.1. The molecule has 3 heterocycles. The number of aromatic nitrogens is 3. The molecule has 2 aliphatic carbocycles. The number of hydrogen-bond acceptors (Lipinski definition) is 8. The highest BCUT2D eigenvalue weighted by Gasteiger charge is 2.27. The van der Waals surface area contributed by atoms with Crippen LogP contribution in [-0.4, -0.2) is 39.5 Å². The van der Waals surface area contributed by atoms with E-state index in [1.807, 2.05) is 11.3 Å². The third-order valence-electron chi connectivity index (χ3n) is 7.11. The standard InChI is InChI=1S/C27H34N4O3S3/c1-3-14-31-24(19-15-35-20-12-9-8-10-17(19)20)29-30-27(31)36-16-22(32)28-25-23(26(33)34-2)18-11-6-4-5-7-13-21(18)37-25/h15H,3-14,16H2,1-2H3,(H,28,32). The first-order valence-corrected chi connectivity index (χ1v) is 16.0. The van der Waals surface area contributed by atoms with Crippen molar-refractivity contribution in [2.24, 2.45) is 0 Å². The highest BCUT2D eigenvalue weighted by atomic mass is 32.2. The topological polar surface area (TPSA) is 86.1 Å². The largest absolute Gasteiger partial charge is 0.465 e. The van der Waals surface area contributed by atoms with Gasteiger partial charge < -0.3 is 14.6 Å². The highest BCUT2D eigenvalue weighted by Crippen LogP contribution is 2.39. The van der Waals surface area contributed by atoms with E-state index in [0.29, 0.717) is 10.6 Å². The summed E-state index contributed by atoms with van der Waals surface area (Å²) in [6.45, 7) is 2.95. The molecule has 7 nitrogen and oxygen atoms in total. The summed E-state index contributed by atoms with van der Waals surface area (Å²) in [5.41, 5.74) is 4.24. The van der Waals surface area contributed by atoms with E-state index in [1.165, 1.54) is 76.8 Å². The van der Waals surface area contributed by atoms with E-state index < -0.39 is 0 Å². The molecule has 0 saturated carbocycles. The number of rotatable bonds is 8. The first kappa shape index (κ1) is 26.4. The molecule has 0 saturated heterocycles. The van der Waals surface area contributed by atoms with Gasteiger partial charge in [-0.2, -0.15) is 0 Å². The molecule has 1 N–H and O–H groups in total. The van der Waals surface area contributed by atoms with Crippen molar-refractivity contribution < 1.29 is 14.3 Å². The number of aryl methyl sites for hydroxylation is 2. The highest BCUT2D eigenvalue weighted by molar-refractivity contribution is 7.99. The molecule has 1 amide bonds. The number of thioether (sulfide) groups is 1. The van der Waals surface area contributed by atoms with Crippen LogP contribution in [0.15, 0.2) is 10.5 Å². The van der Waals surface area contributed by atoms with Crippen LogP contribution in [0.4, 0.5) is 5.00 Å². The number of ether oxygens (including phenoxy) is 1. The fourth-order valence-corrected chi connectivity index (χ4v) is 8.50. The lowest BCUT2D eigenvalue weighted by atomic mass is 9.95. The van der Waals surface area contributed by atoms with E-state index in [4.69, 9.17) is 4.74 Å². The molecular formula is C27H34N4O3S3. The van der Waals surface area contributed by atoms with Gasteiger partial charge in [0.1, 0.15) is 5.00 Å². The van der Waals surface area contributed by atoms with Crippen LogP contribution in [-0.2, 0) is 41.8 Å². The Morgan fingerprint density at radius 1 is 1.03 bits per heavy atom. The molecule has 10 heteroatoms. The van der Waals surface area contributed by atoms with Gasteiger partial charge in [0.15, 0.2) is 11.0 Å². The molecule has 0 unspecified atom stereocenters. The maximum Gasteiger partial charge on any atom is 0.341 e. The molecule has 5 rings (SSSR count). The summed E-state index contributed by atoms with van der Waals surface area (Å²) in [7, 11) is 1.40. The van der Waals surface area contributed by atoms with Crippen molar-refractivity contribution in [3.63, 3.8) is 0 Å². The van der Waals surface area contributed by atoms with E-state index in [2.05, 4.69) is 32.4 Å². The minimum absolute atomic E-state index is 0.148. The van der Waals surface area contributed by atoms with Crippen LogP contribution in [0.2, 0.25) is 0 Å². The number of hydrogen-bond donors (Lipinski definition) is 1. The Hall–Kier alpha value is -2.17. The third-order valence-corrected chi connectivity index (χ3v) is 10.4. The van der Waals surface area contributed by atoms with Gasteiger partial charge >= 0.3 is 5.97 Å². The van der Waals surface area contributed by atoms with Crippen molar-refractivity contribution in [1.82, 2.24) is 14.8 Å². The van der Waals surface area contributed by atoms with E-state index in [0.717, 1.165) is 68.0 Å². The van der Waals surface area contributed by atoms with E-state index in [1.54, 1.807) is 0 Å². The minimum Gasteiger partial charge on any atom is -0.465 e. The zero-order chi connectivity index (χ0) is 25.8. The van der Waals surface area contributed by atoms with Crippen molar-refractivity contribution >= 4 is 51.3 Å². The lowest BCUT2D eigenvalue weighted by Crippen LogP contribution is -2.17. The number of thiophene rings is 2. The van der Waals surface area contributed by atoms with Gasteiger partial charge in [0.25, 0.3) is 0 Å².